The molecule has 298 valence electrons. The molecule has 4 aromatic rings. The number of rotatable bonds is 23. The number of nitrogens with two attached hydrogens (primary N) is 1. The summed E-state index contributed by atoms with van der Waals surface area (Å²) in [5.74, 6) is 0.565. The zero-order chi connectivity index (χ0) is 40.6. The minimum absolute atomic E-state index is 0.179. The molecule has 7 N–H and O–H groups in total. The molecule has 0 saturated heterocycles. The van der Waals surface area contributed by atoms with Gasteiger partial charge in [-0.05, 0) is 59.4 Å². The van der Waals surface area contributed by atoms with Crippen LogP contribution < -0.4 is 45.9 Å². The Morgan fingerprint density at radius 3 is 2.20 bits per heavy atom. The van der Waals surface area contributed by atoms with E-state index < -0.39 is 11.9 Å². The molecule has 0 spiro atoms. The minimum atomic E-state index is -0.792. The largest absolute Gasteiger partial charge is 0.493 e. The maximum atomic E-state index is 12.9. The van der Waals surface area contributed by atoms with E-state index in [1.807, 2.05) is 44.2 Å². The van der Waals surface area contributed by atoms with Gasteiger partial charge in [-0.25, -0.2) is 0 Å². The first kappa shape index (κ1) is 42.2. The van der Waals surface area contributed by atoms with Crippen molar-refractivity contribution in [1.29, 1.82) is 0 Å². The third kappa shape index (κ3) is 10.8. The van der Waals surface area contributed by atoms with Gasteiger partial charge in [-0.2, -0.15) is 0 Å². The molecule has 1 atom stereocenters. The van der Waals surface area contributed by atoms with Gasteiger partial charge in [-0.1, -0.05) is 38.1 Å². The SMILES string of the molecule is COc1cc(/C=C/c2cc(OCCOCc3ccc(NC(=O)C(NC(=O)CNC=O)C(C)C)cc3)c3[nH]c(C=O)cc3c2CCNC=O)c(N)c(OC)c1OC. The van der Waals surface area contributed by atoms with E-state index in [9.17, 15) is 24.0 Å². The van der Waals surface area contributed by atoms with Crippen molar-refractivity contribution in [2.24, 2.45) is 5.92 Å². The number of hydrogen-bond donors (Lipinski definition) is 6. The molecule has 4 amide bonds. The number of H-pyrrole nitrogens is 1. The van der Waals surface area contributed by atoms with E-state index in [1.54, 1.807) is 24.3 Å². The topological polar surface area (TPSA) is 221 Å². The van der Waals surface area contributed by atoms with E-state index in [2.05, 4.69) is 26.3 Å². The summed E-state index contributed by atoms with van der Waals surface area (Å²) in [5.41, 5.74) is 11.4. The number of carbonyl (C=O) groups excluding carboxylic acids is 5. The maximum absolute atomic E-state index is 12.9. The van der Waals surface area contributed by atoms with Gasteiger partial charge in [0.25, 0.3) is 0 Å². The van der Waals surface area contributed by atoms with Gasteiger partial charge in [0.1, 0.15) is 18.4 Å². The fraction of sp³-hybridized carbons (Fsp3) is 0.325. The highest BCUT2D eigenvalue weighted by atomic mass is 16.5. The lowest BCUT2D eigenvalue weighted by Gasteiger charge is -2.21. The van der Waals surface area contributed by atoms with E-state index in [4.69, 9.17) is 29.4 Å². The number of aldehydes is 1. The highest BCUT2D eigenvalue weighted by Crippen LogP contribution is 2.44. The van der Waals surface area contributed by atoms with Crippen molar-refractivity contribution < 1.29 is 47.7 Å². The zero-order valence-electron chi connectivity index (χ0n) is 32.0. The lowest BCUT2D eigenvalue weighted by atomic mass is 9.97. The number of methoxy groups -OCH3 is 3. The second-order valence-corrected chi connectivity index (χ2v) is 12.8. The molecule has 16 heteroatoms. The fourth-order valence-electron chi connectivity index (χ4n) is 5.94. The number of fused-ring (bicyclic) bond motifs is 1. The monoisotopic (exact) mass is 772 g/mol. The van der Waals surface area contributed by atoms with Crippen molar-refractivity contribution in [3.63, 3.8) is 0 Å². The van der Waals surface area contributed by atoms with Crippen LogP contribution in [-0.2, 0) is 36.9 Å². The lowest BCUT2D eigenvalue weighted by Crippen LogP contribution is -2.49. The van der Waals surface area contributed by atoms with Crippen molar-refractivity contribution in [3.05, 3.63) is 70.4 Å². The van der Waals surface area contributed by atoms with E-state index >= 15 is 0 Å². The van der Waals surface area contributed by atoms with Gasteiger partial charge in [0.15, 0.2) is 17.8 Å². The van der Waals surface area contributed by atoms with Crippen LogP contribution in [0.5, 0.6) is 23.0 Å². The van der Waals surface area contributed by atoms with Gasteiger partial charge >= 0.3 is 0 Å². The Morgan fingerprint density at radius 2 is 1.55 bits per heavy atom. The van der Waals surface area contributed by atoms with Crippen LogP contribution in [0.3, 0.4) is 0 Å². The molecule has 16 nitrogen and oxygen atoms in total. The maximum Gasteiger partial charge on any atom is 0.247 e. The Labute approximate surface area is 324 Å². The molecule has 0 bridgehead atoms. The third-order valence-electron chi connectivity index (χ3n) is 8.70. The first-order chi connectivity index (χ1) is 27.1. The summed E-state index contributed by atoms with van der Waals surface area (Å²) in [7, 11) is 4.50. The molecule has 56 heavy (non-hydrogen) atoms. The molecule has 0 aliphatic carbocycles. The molecular formula is C40H48N6O10. The van der Waals surface area contributed by atoms with E-state index in [-0.39, 0.29) is 38.2 Å². The summed E-state index contributed by atoms with van der Waals surface area (Å²) in [5, 5.41) is 11.2. The van der Waals surface area contributed by atoms with Gasteiger partial charge in [0.05, 0.1) is 58.0 Å². The van der Waals surface area contributed by atoms with Crippen LogP contribution in [-0.4, -0.2) is 89.6 Å². The molecule has 0 saturated carbocycles. The summed E-state index contributed by atoms with van der Waals surface area (Å²) < 4.78 is 28.6. The predicted octanol–water partition coefficient (Wildman–Crippen LogP) is 3.47. The number of ether oxygens (including phenoxy) is 5. The number of aromatic nitrogens is 1. The second kappa shape index (κ2) is 20.8. The Hall–Kier alpha value is -6.55. The highest BCUT2D eigenvalue weighted by molar-refractivity contribution is 5.98. The third-order valence-corrected chi connectivity index (χ3v) is 8.70. The Kier molecular flexibility index (Phi) is 15.7. The molecule has 4 rings (SSSR count). The summed E-state index contributed by atoms with van der Waals surface area (Å²) >= 11 is 0. The number of nitrogens with one attached hydrogen (secondary N) is 5. The number of carbonyl (C=O) groups is 5. The zero-order valence-corrected chi connectivity index (χ0v) is 32.0. The second-order valence-electron chi connectivity index (χ2n) is 12.8. The van der Waals surface area contributed by atoms with Gasteiger partial charge in [-0.15, -0.1) is 0 Å². The number of anilines is 2. The van der Waals surface area contributed by atoms with Crippen LogP contribution >= 0.6 is 0 Å². The number of aromatic amines is 1. The van der Waals surface area contributed by atoms with Crippen LogP contribution in [0.15, 0.2) is 42.5 Å². The summed E-state index contributed by atoms with van der Waals surface area (Å²) in [6.07, 6.45) is 5.90. The van der Waals surface area contributed by atoms with Crippen molar-refractivity contribution in [2.45, 2.75) is 32.9 Å². The van der Waals surface area contributed by atoms with Crippen molar-refractivity contribution in [3.8, 4) is 23.0 Å². The lowest BCUT2D eigenvalue weighted by molar-refractivity contribution is -0.127. The molecule has 0 radical (unpaired) electrons. The number of hydrogen-bond acceptors (Lipinski definition) is 11. The van der Waals surface area contributed by atoms with E-state index in [1.165, 1.54) is 21.3 Å². The summed E-state index contributed by atoms with van der Waals surface area (Å²) in [4.78, 5) is 61.5. The average molecular weight is 773 g/mol. The highest BCUT2D eigenvalue weighted by Gasteiger charge is 2.24. The van der Waals surface area contributed by atoms with Crippen molar-refractivity contribution in [2.75, 3.05) is 58.7 Å². The number of nitrogen functional groups attached to an aromatic ring is 1. The van der Waals surface area contributed by atoms with Gasteiger partial charge in [0.2, 0.25) is 30.4 Å². The fourth-order valence-corrected chi connectivity index (χ4v) is 5.94. The van der Waals surface area contributed by atoms with Gasteiger partial charge in [-0.3, -0.25) is 24.0 Å². The molecule has 3 aromatic carbocycles. The van der Waals surface area contributed by atoms with E-state index in [0.29, 0.717) is 76.9 Å². The molecule has 0 aliphatic rings. The van der Waals surface area contributed by atoms with Crippen LogP contribution in [0.1, 0.15) is 46.6 Å². The first-order valence-corrected chi connectivity index (χ1v) is 17.7. The molecule has 1 aromatic heterocycles. The summed E-state index contributed by atoms with van der Waals surface area (Å²) in [6, 6.07) is 11.6. The average Bonchev–Trinajstić information content (AvgIpc) is 3.64. The quantitative estimate of drug-likeness (QED) is 0.0277. The van der Waals surface area contributed by atoms with Crippen LogP contribution in [0.25, 0.3) is 23.1 Å². The Morgan fingerprint density at radius 1 is 0.857 bits per heavy atom. The standard InChI is InChI=1S/C40H48N6O10/c1-24(2)36(46-34(50)19-43-23-49)40(51)45-28-10-6-25(7-11-28)21-55-14-15-56-32-16-26(30(12-13-42-22-48)31-18-29(20-47)44-37(31)32)8-9-27-17-33(52-3)38(53-4)39(54-5)35(27)41/h6-11,16-18,20,22-24,36,44H,12-15,19,21,41H2,1-5H3,(H,42,48)(H,43,49)(H,45,51)(H,46,50)/b9-8+. The molecule has 1 heterocycles. The number of benzene rings is 3. The normalized spacial score (nSPS) is 11.5. The van der Waals surface area contributed by atoms with Gasteiger partial charge < -0.3 is 55.7 Å². The smallest absolute Gasteiger partial charge is 0.247 e. The van der Waals surface area contributed by atoms with Crippen molar-refractivity contribution in [1.82, 2.24) is 20.9 Å². The van der Waals surface area contributed by atoms with Crippen molar-refractivity contribution >= 4 is 65.4 Å². The molecule has 0 fully saturated rings. The van der Waals surface area contributed by atoms with Crippen LogP contribution in [0.4, 0.5) is 11.4 Å². The first-order valence-electron chi connectivity index (χ1n) is 17.7. The van der Waals surface area contributed by atoms with E-state index in [0.717, 1.165) is 28.4 Å². The molecular weight excluding hydrogens is 724 g/mol. The number of amides is 4. The molecule has 0 aliphatic heterocycles. The summed E-state index contributed by atoms with van der Waals surface area (Å²) in [6.45, 7) is 4.42. The minimum Gasteiger partial charge on any atom is -0.493 e. The van der Waals surface area contributed by atoms with Crippen LogP contribution in [0.2, 0.25) is 0 Å². The van der Waals surface area contributed by atoms with Crippen LogP contribution in [0, 0.1) is 5.92 Å². The Balaban J connectivity index is 1.47. The predicted molar refractivity (Wildman–Crippen MR) is 212 cm³/mol. The van der Waals surface area contributed by atoms with Gasteiger partial charge in [0, 0.05) is 23.2 Å². The Bertz CT molecular complexity index is 2030. The molecule has 1 unspecified atom stereocenters.